The highest BCUT2D eigenvalue weighted by Gasteiger charge is 2.02. The van der Waals surface area contributed by atoms with Crippen molar-refractivity contribution in [2.24, 2.45) is 0 Å². The molecule has 0 amide bonds. The van der Waals surface area contributed by atoms with E-state index in [1.165, 1.54) is 7.11 Å². The Balaban J connectivity index is 3.20. The fraction of sp³-hybridized carbons (Fsp3) is 0.857. The largest absolute Gasteiger partial charge is 0.468 e. The summed E-state index contributed by atoms with van der Waals surface area (Å²) in [6.45, 7) is 2.07. The van der Waals surface area contributed by atoms with Crippen molar-refractivity contribution in [3.05, 3.63) is 0 Å². The third kappa shape index (κ3) is 6.19. The van der Waals surface area contributed by atoms with E-state index >= 15 is 0 Å². The first-order chi connectivity index (χ1) is 5.20. The minimum atomic E-state index is -0.154. The van der Waals surface area contributed by atoms with Gasteiger partial charge in [0.2, 0.25) is 0 Å². The van der Waals surface area contributed by atoms with E-state index in [0.29, 0.717) is 11.8 Å². The molecule has 4 heteroatoms. The summed E-state index contributed by atoms with van der Waals surface area (Å²) in [6.07, 6.45) is 0. The van der Waals surface area contributed by atoms with Crippen molar-refractivity contribution in [3.8, 4) is 0 Å². The lowest BCUT2D eigenvalue weighted by Gasteiger charge is -2.07. The lowest BCUT2D eigenvalue weighted by molar-refractivity contribution is -0.137. The fourth-order valence-corrected chi connectivity index (χ4v) is 1.38. The van der Waals surface area contributed by atoms with Gasteiger partial charge in [-0.1, -0.05) is 0 Å². The smallest absolute Gasteiger partial charge is 0.315 e. The number of carbonyl (C=O) groups is 1. The van der Waals surface area contributed by atoms with Crippen LogP contribution in [0.3, 0.4) is 0 Å². The molecule has 0 radical (unpaired) electrons. The van der Waals surface area contributed by atoms with Gasteiger partial charge >= 0.3 is 5.97 Å². The lowest BCUT2D eigenvalue weighted by Crippen LogP contribution is -2.24. The molecule has 0 rings (SSSR count). The zero-order chi connectivity index (χ0) is 8.69. The third-order valence-electron chi connectivity index (χ3n) is 1.31. The molecular weight excluding hydrogens is 162 g/mol. The van der Waals surface area contributed by atoms with Gasteiger partial charge in [-0.3, -0.25) is 4.79 Å². The van der Waals surface area contributed by atoms with Crippen LogP contribution in [0.1, 0.15) is 6.92 Å². The molecule has 0 saturated carbocycles. The van der Waals surface area contributed by atoms with E-state index in [4.69, 9.17) is 0 Å². The van der Waals surface area contributed by atoms with Gasteiger partial charge in [0.15, 0.2) is 0 Å². The average Bonchev–Trinajstić information content (AvgIpc) is 2.04. The Morgan fingerprint density at radius 2 is 2.36 bits per heavy atom. The van der Waals surface area contributed by atoms with Gasteiger partial charge in [-0.25, -0.2) is 0 Å². The summed E-state index contributed by atoms with van der Waals surface area (Å²) >= 11 is 1.58. The van der Waals surface area contributed by atoms with Gasteiger partial charge in [0, 0.05) is 11.8 Å². The molecular formula is C7H15NO2S. The second-order valence-electron chi connectivity index (χ2n) is 2.28. The van der Waals surface area contributed by atoms with Crippen molar-refractivity contribution in [1.82, 2.24) is 5.32 Å². The minimum absolute atomic E-state index is 0.154. The number of thioether (sulfide) groups is 1. The van der Waals surface area contributed by atoms with Gasteiger partial charge in [-0.2, -0.15) is 0 Å². The maximum Gasteiger partial charge on any atom is 0.315 e. The molecule has 0 bridgehead atoms. The van der Waals surface area contributed by atoms with Gasteiger partial charge in [-0.05, 0) is 14.0 Å². The highest BCUT2D eigenvalue weighted by molar-refractivity contribution is 7.99. The number of nitrogens with one attached hydrogen (secondary N) is 1. The number of esters is 1. The number of hydrogen-bond acceptors (Lipinski definition) is 4. The molecule has 0 aliphatic rings. The highest BCUT2D eigenvalue weighted by atomic mass is 32.2. The molecule has 0 spiro atoms. The first-order valence-electron chi connectivity index (χ1n) is 3.52. The molecule has 0 aromatic rings. The van der Waals surface area contributed by atoms with Crippen molar-refractivity contribution in [3.63, 3.8) is 0 Å². The number of hydrogen-bond donors (Lipinski definition) is 1. The second kappa shape index (κ2) is 6.49. The zero-order valence-electron chi connectivity index (χ0n) is 7.22. The predicted molar refractivity (Wildman–Crippen MR) is 47.9 cm³/mol. The van der Waals surface area contributed by atoms with E-state index in [1.54, 1.807) is 11.8 Å². The number of carbonyl (C=O) groups excluding carboxylic acids is 1. The molecule has 0 aromatic carbocycles. The van der Waals surface area contributed by atoms with E-state index in [1.807, 2.05) is 7.05 Å². The zero-order valence-corrected chi connectivity index (χ0v) is 8.03. The van der Waals surface area contributed by atoms with Crippen molar-refractivity contribution in [2.45, 2.75) is 13.0 Å². The van der Waals surface area contributed by atoms with E-state index in [2.05, 4.69) is 17.0 Å². The van der Waals surface area contributed by atoms with Crippen LogP contribution >= 0.6 is 11.8 Å². The fourth-order valence-electron chi connectivity index (χ4n) is 0.461. The lowest BCUT2D eigenvalue weighted by atomic mass is 10.4. The Labute approximate surface area is 71.9 Å². The van der Waals surface area contributed by atoms with Gasteiger partial charge < -0.3 is 10.1 Å². The predicted octanol–water partition coefficient (Wildman–Crippen LogP) is 0.500. The Morgan fingerprint density at radius 3 is 2.82 bits per heavy atom. The molecule has 0 aromatic heterocycles. The first kappa shape index (κ1) is 10.8. The van der Waals surface area contributed by atoms with Crippen LogP contribution in [0.15, 0.2) is 0 Å². The quantitative estimate of drug-likeness (QED) is 0.621. The van der Waals surface area contributed by atoms with Gasteiger partial charge in [0.1, 0.15) is 0 Å². The molecule has 1 N–H and O–H groups in total. The van der Waals surface area contributed by atoms with Crippen LogP contribution < -0.4 is 5.32 Å². The van der Waals surface area contributed by atoms with Gasteiger partial charge in [-0.15, -0.1) is 11.8 Å². The van der Waals surface area contributed by atoms with Gasteiger partial charge in [0.05, 0.1) is 12.9 Å². The van der Waals surface area contributed by atoms with Crippen LogP contribution in [0.4, 0.5) is 0 Å². The Morgan fingerprint density at radius 1 is 1.73 bits per heavy atom. The summed E-state index contributed by atoms with van der Waals surface area (Å²) < 4.78 is 4.49. The van der Waals surface area contributed by atoms with Crippen LogP contribution in [0.2, 0.25) is 0 Å². The SMILES string of the molecule is CNC(C)CSCC(=O)OC. The van der Waals surface area contributed by atoms with E-state index in [0.717, 1.165) is 5.75 Å². The van der Waals surface area contributed by atoms with E-state index < -0.39 is 0 Å². The Kier molecular flexibility index (Phi) is 6.36. The van der Waals surface area contributed by atoms with Crippen molar-refractivity contribution < 1.29 is 9.53 Å². The van der Waals surface area contributed by atoms with Crippen LogP contribution in [0, 0.1) is 0 Å². The monoisotopic (exact) mass is 177 g/mol. The molecule has 66 valence electrons. The standard InChI is InChI=1S/C7H15NO2S/c1-6(8-2)4-11-5-7(9)10-3/h6,8H,4-5H2,1-3H3. The number of methoxy groups -OCH3 is 1. The number of ether oxygens (including phenoxy) is 1. The molecule has 0 heterocycles. The van der Waals surface area contributed by atoms with Crippen LogP contribution in [-0.2, 0) is 9.53 Å². The Hall–Kier alpha value is -0.220. The molecule has 3 nitrogen and oxygen atoms in total. The van der Waals surface area contributed by atoms with E-state index in [-0.39, 0.29) is 5.97 Å². The summed E-state index contributed by atoms with van der Waals surface area (Å²) in [5.41, 5.74) is 0. The molecule has 0 fully saturated rings. The number of rotatable bonds is 5. The molecule has 1 unspecified atom stereocenters. The summed E-state index contributed by atoms with van der Waals surface area (Å²) in [7, 11) is 3.31. The summed E-state index contributed by atoms with van der Waals surface area (Å²) in [6, 6.07) is 0.449. The van der Waals surface area contributed by atoms with Crippen LogP contribution in [0.5, 0.6) is 0 Å². The molecule has 11 heavy (non-hydrogen) atoms. The molecule has 0 saturated heterocycles. The maximum absolute atomic E-state index is 10.6. The van der Waals surface area contributed by atoms with Crippen molar-refractivity contribution in [1.29, 1.82) is 0 Å². The van der Waals surface area contributed by atoms with Gasteiger partial charge in [0.25, 0.3) is 0 Å². The normalized spacial score (nSPS) is 12.6. The summed E-state index contributed by atoms with van der Waals surface area (Å²) in [4.78, 5) is 10.6. The van der Waals surface area contributed by atoms with Crippen LogP contribution in [-0.4, -0.2) is 37.7 Å². The van der Waals surface area contributed by atoms with Crippen molar-refractivity contribution >= 4 is 17.7 Å². The van der Waals surface area contributed by atoms with Crippen molar-refractivity contribution in [2.75, 3.05) is 25.7 Å². The van der Waals surface area contributed by atoms with Crippen LogP contribution in [0.25, 0.3) is 0 Å². The van der Waals surface area contributed by atoms with E-state index in [9.17, 15) is 4.79 Å². The molecule has 0 aliphatic carbocycles. The molecule has 0 aliphatic heterocycles. The second-order valence-corrected chi connectivity index (χ2v) is 3.31. The minimum Gasteiger partial charge on any atom is -0.468 e. The molecule has 1 atom stereocenters. The first-order valence-corrected chi connectivity index (χ1v) is 4.68. The summed E-state index contributed by atoms with van der Waals surface area (Å²) in [5.74, 6) is 1.23. The third-order valence-corrected chi connectivity index (χ3v) is 2.48. The highest BCUT2D eigenvalue weighted by Crippen LogP contribution is 2.02. The maximum atomic E-state index is 10.6. The average molecular weight is 177 g/mol. The topological polar surface area (TPSA) is 38.3 Å². The summed E-state index contributed by atoms with van der Waals surface area (Å²) in [5, 5.41) is 3.08. The Bertz CT molecular complexity index is 119.